The Morgan fingerprint density at radius 2 is 2.19 bits per heavy atom. The standard InChI is InChI=1S/C15H22N4S2/c1-3-12-10-18-14(21-12)7-8-17-15(16-4-2)19-11-13-6-5-9-20-13/h5-6,9-10H,3-4,7-8,11H2,1-2H3,(H2,16,17,19). The van der Waals surface area contributed by atoms with Crippen LogP contribution in [0.1, 0.15) is 28.6 Å². The number of nitrogens with zero attached hydrogens (tertiary/aromatic N) is 2. The third-order valence-electron chi connectivity index (χ3n) is 2.90. The lowest BCUT2D eigenvalue weighted by Crippen LogP contribution is -2.38. The molecule has 2 aromatic heterocycles. The minimum atomic E-state index is 0.726. The van der Waals surface area contributed by atoms with Crippen molar-refractivity contribution in [3.8, 4) is 0 Å². The van der Waals surface area contributed by atoms with Crippen molar-refractivity contribution >= 4 is 28.6 Å². The molecule has 0 fully saturated rings. The van der Waals surface area contributed by atoms with Gasteiger partial charge < -0.3 is 10.6 Å². The number of hydrogen-bond acceptors (Lipinski definition) is 4. The van der Waals surface area contributed by atoms with Crippen LogP contribution in [-0.2, 0) is 19.4 Å². The highest BCUT2D eigenvalue weighted by atomic mass is 32.1. The fraction of sp³-hybridized carbons (Fsp3) is 0.467. The van der Waals surface area contributed by atoms with E-state index in [0.29, 0.717) is 0 Å². The minimum Gasteiger partial charge on any atom is -0.357 e. The monoisotopic (exact) mass is 322 g/mol. The molecule has 0 bridgehead atoms. The molecule has 21 heavy (non-hydrogen) atoms. The van der Waals surface area contributed by atoms with Crippen molar-refractivity contribution in [3.05, 3.63) is 38.5 Å². The molecule has 0 saturated heterocycles. The average Bonchev–Trinajstić information content (AvgIpc) is 3.16. The van der Waals surface area contributed by atoms with Crippen LogP contribution in [0.2, 0.25) is 0 Å². The van der Waals surface area contributed by atoms with E-state index < -0.39 is 0 Å². The molecule has 2 N–H and O–H groups in total. The van der Waals surface area contributed by atoms with E-state index in [9.17, 15) is 0 Å². The number of aryl methyl sites for hydroxylation is 1. The molecule has 2 heterocycles. The third-order valence-corrected chi connectivity index (χ3v) is 4.96. The Morgan fingerprint density at radius 1 is 1.29 bits per heavy atom. The minimum absolute atomic E-state index is 0.726. The first kappa shape index (κ1) is 16.0. The van der Waals surface area contributed by atoms with Gasteiger partial charge in [0.25, 0.3) is 0 Å². The van der Waals surface area contributed by atoms with Gasteiger partial charge in [-0.3, -0.25) is 0 Å². The molecule has 0 aromatic carbocycles. The van der Waals surface area contributed by atoms with Gasteiger partial charge in [-0.1, -0.05) is 13.0 Å². The van der Waals surface area contributed by atoms with Crippen molar-refractivity contribution in [1.29, 1.82) is 0 Å². The summed E-state index contributed by atoms with van der Waals surface area (Å²) in [5, 5.41) is 9.91. The lowest BCUT2D eigenvalue weighted by Gasteiger charge is -2.10. The molecule has 4 nitrogen and oxygen atoms in total. The molecule has 0 aliphatic heterocycles. The largest absolute Gasteiger partial charge is 0.357 e. The van der Waals surface area contributed by atoms with Gasteiger partial charge in [0.1, 0.15) is 0 Å². The zero-order valence-electron chi connectivity index (χ0n) is 12.6. The smallest absolute Gasteiger partial charge is 0.191 e. The summed E-state index contributed by atoms with van der Waals surface area (Å²) >= 11 is 3.54. The van der Waals surface area contributed by atoms with Gasteiger partial charge in [0.05, 0.1) is 11.6 Å². The van der Waals surface area contributed by atoms with E-state index in [1.807, 2.05) is 6.20 Å². The molecule has 0 saturated carbocycles. The summed E-state index contributed by atoms with van der Waals surface area (Å²) in [6.07, 6.45) is 3.99. The zero-order chi connectivity index (χ0) is 14.9. The Bertz CT molecular complexity index is 546. The van der Waals surface area contributed by atoms with E-state index in [2.05, 4.69) is 52.0 Å². The second-order valence-electron chi connectivity index (χ2n) is 4.53. The van der Waals surface area contributed by atoms with Gasteiger partial charge in [-0.15, -0.1) is 22.7 Å². The number of aromatic nitrogens is 1. The topological polar surface area (TPSA) is 49.3 Å². The molecule has 6 heteroatoms. The highest BCUT2D eigenvalue weighted by Gasteiger charge is 2.02. The molecule has 2 aromatic rings. The van der Waals surface area contributed by atoms with Crippen LogP contribution >= 0.6 is 22.7 Å². The van der Waals surface area contributed by atoms with Gasteiger partial charge >= 0.3 is 0 Å². The molecule has 0 spiro atoms. The highest BCUT2D eigenvalue weighted by Crippen LogP contribution is 2.13. The first-order valence-corrected chi connectivity index (χ1v) is 8.99. The van der Waals surface area contributed by atoms with E-state index in [0.717, 1.165) is 38.4 Å². The number of aliphatic imine (C=N–C) groups is 1. The average molecular weight is 323 g/mol. The molecule has 0 atom stereocenters. The fourth-order valence-electron chi connectivity index (χ4n) is 1.82. The van der Waals surface area contributed by atoms with Crippen LogP contribution in [0.15, 0.2) is 28.7 Å². The van der Waals surface area contributed by atoms with Crippen molar-refractivity contribution in [3.63, 3.8) is 0 Å². The molecule has 2 rings (SSSR count). The second-order valence-corrected chi connectivity index (χ2v) is 6.76. The maximum atomic E-state index is 4.60. The van der Waals surface area contributed by atoms with Crippen LogP contribution in [0.5, 0.6) is 0 Å². The maximum absolute atomic E-state index is 4.60. The van der Waals surface area contributed by atoms with Gasteiger partial charge in [0.2, 0.25) is 0 Å². The number of thiazole rings is 1. The quantitative estimate of drug-likeness (QED) is 0.608. The van der Waals surface area contributed by atoms with E-state index in [1.54, 1.807) is 22.7 Å². The number of rotatable bonds is 7. The summed E-state index contributed by atoms with van der Waals surface area (Å²) < 4.78 is 0. The van der Waals surface area contributed by atoms with Gasteiger partial charge in [-0.25, -0.2) is 9.98 Å². The van der Waals surface area contributed by atoms with Gasteiger partial charge in [0, 0.05) is 35.5 Å². The van der Waals surface area contributed by atoms with Gasteiger partial charge in [-0.2, -0.15) is 0 Å². The molecule has 0 amide bonds. The summed E-state index contributed by atoms with van der Waals surface area (Å²) in [5.41, 5.74) is 0. The van der Waals surface area contributed by atoms with Crippen LogP contribution in [-0.4, -0.2) is 24.0 Å². The van der Waals surface area contributed by atoms with E-state index in [1.165, 1.54) is 14.8 Å². The van der Waals surface area contributed by atoms with Crippen molar-refractivity contribution in [1.82, 2.24) is 15.6 Å². The maximum Gasteiger partial charge on any atom is 0.191 e. The zero-order valence-corrected chi connectivity index (χ0v) is 14.2. The summed E-state index contributed by atoms with van der Waals surface area (Å²) in [4.78, 5) is 11.7. The molecule has 0 aliphatic carbocycles. The summed E-state index contributed by atoms with van der Waals surface area (Å²) in [6, 6.07) is 4.17. The Labute approximate surface area is 134 Å². The Hall–Kier alpha value is -1.40. The molecule has 0 aliphatic rings. The Kier molecular flexibility index (Phi) is 6.69. The first-order valence-electron chi connectivity index (χ1n) is 7.30. The molecular formula is C15H22N4S2. The predicted molar refractivity (Wildman–Crippen MR) is 92.3 cm³/mol. The third kappa shape index (κ3) is 5.47. The van der Waals surface area contributed by atoms with Crippen LogP contribution in [0, 0.1) is 0 Å². The lowest BCUT2D eigenvalue weighted by atomic mass is 10.4. The summed E-state index contributed by atoms with van der Waals surface area (Å²) in [6.45, 7) is 6.69. The number of nitrogens with one attached hydrogen (secondary N) is 2. The normalized spacial score (nSPS) is 11.6. The fourth-order valence-corrected chi connectivity index (χ4v) is 3.31. The molecule has 0 radical (unpaired) electrons. The van der Waals surface area contributed by atoms with Crippen LogP contribution in [0.25, 0.3) is 0 Å². The van der Waals surface area contributed by atoms with Crippen molar-refractivity contribution in [2.45, 2.75) is 33.2 Å². The summed E-state index contributed by atoms with van der Waals surface area (Å²) in [5.74, 6) is 0.873. The molecule has 114 valence electrons. The van der Waals surface area contributed by atoms with E-state index in [4.69, 9.17) is 0 Å². The first-order chi connectivity index (χ1) is 10.3. The molecule has 0 unspecified atom stereocenters. The summed E-state index contributed by atoms with van der Waals surface area (Å²) in [7, 11) is 0. The Morgan fingerprint density at radius 3 is 2.86 bits per heavy atom. The number of thiophene rings is 1. The van der Waals surface area contributed by atoms with Gasteiger partial charge in [0.15, 0.2) is 5.96 Å². The Balaban J connectivity index is 1.80. The van der Waals surface area contributed by atoms with Crippen molar-refractivity contribution in [2.24, 2.45) is 4.99 Å². The van der Waals surface area contributed by atoms with Crippen molar-refractivity contribution < 1.29 is 0 Å². The number of hydrogen-bond donors (Lipinski definition) is 2. The van der Waals surface area contributed by atoms with Crippen LogP contribution in [0.4, 0.5) is 0 Å². The number of guanidine groups is 1. The SMILES string of the molecule is CCNC(=NCc1cccs1)NCCc1ncc(CC)s1. The van der Waals surface area contributed by atoms with E-state index in [-0.39, 0.29) is 0 Å². The van der Waals surface area contributed by atoms with E-state index >= 15 is 0 Å². The molecular weight excluding hydrogens is 300 g/mol. The second kappa shape index (κ2) is 8.79. The lowest BCUT2D eigenvalue weighted by molar-refractivity contribution is 0.797. The van der Waals surface area contributed by atoms with Crippen LogP contribution in [0.3, 0.4) is 0 Å². The van der Waals surface area contributed by atoms with Gasteiger partial charge in [-0.05, 0) is 24.8 Å². The van der Waals surface area contributed by atoms with Crippen molar-refractivity contribution in [2.75, 3.05) is 13.1 Å². The highest BCUT2D eigenvalue weighted by molar-refractivity contribution is 7.11. The predicted octanol–water partition coefficient (Wildman–Crippen LogP) is 3.06. The van der Waals surface area contributed by atoms with Crippen LogP contribution < -0.4 is 10.6 Å².